The van der Waals surface area contributed by atoms with E-state index >= 15 is 0 Å². The van der Waals surface area contributed by atoms with Gasteiger partial charge in [0.15, 0.2) is 0 Å². The predicted octanol–water partition coefficient (Wildman–Crippen LogP) is 1.16. The molecule has 0 saturated heterocycles. The van der Waals surface area contributed by atoms with Crippen LogP contribution in [0.5, 0.6) is 0 Å². The molecule has 0 spiro atoms. The first-order valence-corrected chi connectivity index (χ1v) is 9.76. The molecule has 160 valence electrons. The van der Waals surface area contributed by atoms with E-state index in [1.165, 1.54) is 28.9 Å². The molecule has 2 amide bonds. The molecule has 0 saturated carbocycles. The molecule has 9 heteroatoms. The van der Waals surface area contributed by atoms with Crippen molar-refractivity contribution in [1.29, 1.82) is 0 Å². The fraction of sp³-hybridized carbons (Fsp3) is 0.0417. The summed E-state index contributed by atoms with van der Waals surface area (Å²) in [5.41, 5.74) is 7.74. The van der Waals surface area contributed by atoms with Crippen LogP contribution >= 0.6 is 0 Å². The average molecular weight is 514 g/mol. The Morgan fingerprint density at radius 3 is 2.15 bits per heavy atom. The Morgan fingerprint density at radius 2 is 1.52 bits per heavy atom. The minimum absolute atomic E-state index is 0. The summed E-state index contributed by atoms with van der Waals surface area (Å²) >= 11 is 0. The molecule has 0 fully saturated rings. The number of amides is 2. The van der Waals surface area contributed by atoms with Crippen LogP contribution in [0.15, 0.2) is 84.9 Å². The second-order valence-corrected chi connectivity index (χ2v) is 6.92. The van der Waals surface area contributed by atoms with Gasteiger partial charge >= 0.3 is 58.2 Å². The summed E-state index contributed by atoms with van der Waals surface area (Å²) in [6.45, 7) is 0. The molecule has 33 heavy (non-hydrogen) atoms. The number of hydrogen-bond acceptors (Lipinski definition) is 4. The van der Waals surface area contributed by atoms with Crippen molar-refractivity contribution in [2.75, 3.05) is 16.4 Å². The number of hydrogen-bond donors (Lipinski definition) is 3. The van der Waals surface area contributed by atoms with Crippen molar-refractivity contribution in [1.82, 2.24) is 9.78 Å². The Labute approximate surface area is 239 Å². The minimum atomic E-state index is -1.88. The molecule has 0 radical (unpaired) electrons. The molecule has 1 atom stereocenters. The molecule has 3 aromatic carbocycles. The van der Waals surface area contributed by atoms with Gasteiger partial charge in [0.2, 0.25) is 12.1 Å². The van der Waals surface area contributed by atoms with Crippen molar-refractivity contribution in [2.24, 2.45) is 0 Å². The van der Waals surface area contributed by atoms with Crippen LogP contribution in [0, 0.1) is 6.20 Å². The number of nitrogens with zero attached hydrogens (tertiary/aromatic N) is 2. The van der Waals surface area contributed by atoms with Crippen molar-refractivity contribution >= 4 is 29.0 Å². The smallest absolute Gasteiger partial charge is 0.415 e. The monoisotopic (exact) mass is 513 g/mol. The van der Waals surface area contributed by atoms with Gasteiger partial charge in [-0.15, -0.1) is 0 Å². The van der Waals surface area contributed by atoms with Crippen LogP contribution in [0.25, 0.3) is 5.69 Å². The maximum Gasteiger partial charge on any atom is 1.00 e. The number of nitrogens with two attached hydrogens (primary N) is 1. The third kappa shape index (κ3) is 6.23. The van der Waals surface area contributed by atoms with E-state index in [1.807, 2.05) is 30.3 Å². The molecule has 0 aliphatic carbocycles. The zero-order valence-corrected chi connectivity index (χ0v) is 22.7. The number of nitrogen functional groups attached to an aromatic ring is 1. The van der Waals surface area contributed by atoms with Crippen LogP contribution in [0.3, 0.4) is 0 Å². The number of carbonyl (C=O) groups is 2. The van der Waals surface area contributed by atoms with E-state index < -0.39 is 18.0 Å². The molecule has 4 aromatic rings. The fourth-order valence-corrected chi connectivity index (χ4v) is 2.99. The van der Waals surface area contributed by atoms with Crippen molar-refractivity contribution in [2.45, 2.75) is 6.17 Å². The summed E-state index contributed by atoms with van der Waals surface area (Å²) in [7, 11) is 0. The average Bonchev–Trinajstić information content (AvgIpc) is 3.20. The van der Waals surface area contributed by atoms with Gasteiger partial charge in [-0.1, -0.05) is 60.7 Å². The zero-order valence-electron chi connectivity index (χ0n) is 17.8. The van der Waals surface area contributed by atoms with E-state index in [0.717, 1.165) is 5.69 Å². The van der Waals surface area contributed by atoms with Gasteiger partial charge in [0.1, 0.15) is 0 Å². The van der Waals surface area contributed by atoms with Gasteiger partial charge < -0.3 is 21.0 Å². The number of alkyl halides is 1. The second-order valence-electron chi connectivity index (χ2n) is 6.92. The molecular weight excluding hydrogens is 495 g/mol. The zero-order chi connectivity index (χ0) is 22.5. The quantitative estimate of drug-likeness (QED) is 0.337. The Hall–Kier alpha value is -2.65. The van der Waals surface area contributed by atoms with Crippen molar-refractivity contribution < 1.29 is 72.2 Å². The first-order chi connectivity index (χ1) is 15.5. The molecule has 4 rings (SSSR count). The number of carbonyl (C=O) groups excluding carboxylic acids is 2. The SMILES string of the molecule is Nc1[c-]n(-c2ccccc2)nc1NC(=O)c1ccc(C(F)C(=O)Nc2ccccc2)cc1.[Rb+]. The number of aromatic nitrogens is 2. The normalized spacial score (nSPS) is 11.2. The summed E-state index contributed by atoms with van der Waals surface area (Å²) in [5, 5.41) is 9.38. The van der Waals surface area contributed by atoms with E-state index in [-0.39, 0.29) is 80.8 Å². The van der Waals surface area contributed by atoms with Crippen LogP contribution in [-0.2, 0) is 4.79 Å². The molecule has 1 aromatic heterocycles. The van der Waals surface area contributed by atoms with E-state index in [4.69, 9.17) is 5.73 Å². The molecule has 4 N–H and O–H groups in total. The van der Waals surface area contributed by atoms with Crippen LogP contribution in [-0.4, -0.2) is 21.6 Å². The third-order valence-corrected chi connectivity index (χ3v) is 4.65. The topological polar surface area (TPSA) is 102 Å². The van der Waals surface area contributed by atoms with Crippen molar-refractivity contribution in [3.63, 3.8) is 0 Å². The van der Waals surface area contributed by atoms with Crippen LogP contribution in [0.1, 0.15) is 22.1 Å². The summed E-state index contributed by atoms with van der Waals surface area (Å²) in [4.78, 5) is 24.7. The van der Waals surface area contributed by atoms with Gasteiger partial charge in [0.05, 0.1) is 5.82 Å². The number of para-hydroxylation sites is 2. The van der Waals surface area contributed by atoms with E-state index in [2.05, 4.69) is 21.9 Å². The molecule has 0 bridgehead atoms. The first kappa shape index (κ1) is 25.0. The van der Waals surface area contributed by atoms with E-state index in [9.17, 15) is 14.0 Å². The van der Waals surface area contributed by atoms with Crippen molar-refractivity contribution in [3.05, 3.63) is 102 Å². The summed E-state index contributed by atoms with van der Waals surface area (Å²) in [6, 6.07) is 23.5. The largest absolute Gasteiger partial charge is 1.00 e. The number of rotatable bonds is 6. The molecule has 1 heterocycles. The van der Waals surface area contributed by atoms with E-state index in [0.29, 0.717) is 5.69 Å². The Morgan fingerprint density at radius 1 is 0.909 bits per heavy atom. The van der Waals surface area contributed by atoms with Crippen LogP contribution in [0.4, 0.5) is 21.6 Å². The second kappa shape index (κ2) is 11.5. The van der Waals surface area contributed by atoms with Gasteiger partial charge in [0, 0.05) is 11.3 Å². The first-order valence-electron chi connectivity index (χ1n) is 9.76. The van der Waals surface area contributed by atoms with E-state index in [1.54, 1.807) is 30.3 Å². The molecule has 0 aliphatic rings. The molecule has 7 nitrogen and oxygen atoms in total. The molecule has 0 aliphatic heterocycles. The predicted molar refractivity (Wildman–Crippen MR) is 120 cm³/mol. The number of anilines is 3. The maximum absolute atomic E-state index is 14.6. The standard InChI is InChI=1S/C24H19FN5O2.Rb/c25-21(24(32)27-18-7-3-1-4-8-18)16-11-13-17(14-12-16)23(31)28-22-20(26)15-30(29-22)19-9-5-2-6-10-19;/h1-14,21H,26H2,(H,27,32)(H,28,29,31);/q-1;+1. The van der Waals surface area contributed by atoms with Gasteiger partial charge in [-0.05, 0) is 47.4 Å². The third-order valence-electron chi connectivity index (χ3n) is 4.65. The van der Waals surface area contributed by atoms with Gasteiger partial charge in [-0.3, -0.25) is 9.59 Å². The van der Waals surface area contributed by atoms with Crippen LogP contribution in [0.2, 0.25) is 0 Å². The Kier molecular flexibility index (Phi) is 8.68. The summed E-state index contributed by atoms with van der Waals surface area (Å²) < 4.78 is 16.0. The number of nitrogens with one attached hydrogen (secondary N) is 2. The Balaban J connectivity index is 0.00000306. The number of halogens is 1. The maximum atomic E-state index is 14.6. The Bertz CT molecular complexity index is 1230. The summed E-state index contributed by atoms with van der Waals surface area (Å²) in [6.07, 6.45) is 0.973. The van der Waals surface area contributed by atoms with Gasteiger partial charge in [-0.2, -0.15) is 0 Å². The van der Waals surface area contributed by atoms with Crippen LogP contribution < -0.4 is 74.6 Å². The van der Waals surface area contributed by atoms with Gasteiger partial charge in [0.25, 0.3) is 5.91 Å². The van der Waals surface area contributed by atoms with Gasteiger partial charge in [-0.25, -0.2) is 9.49 Å². The molecule has 1 unspecified atom stereocenters. The fourth-order valence-electron chi connectivity index (χ4n) is 2.99. The molecular formula is C24H19FN5O2Rb. The van der Waals surface area contributed by atoms with Crippen molar-refractivity contribution in [3.8, 4) is 5.69 Å². The minimum Gasteiger partial charge on any atom is -0.415 e. The summed E-state index contributed by atoms with van der Waals surface area (Å²) in [5.74, 6) is -1.10. The number of benzene rings is 3.